The molecule has 0 bridgehead atoms. The molecule has 1 saturated heterocycles. The summed E-state index contributed by atoms with van der Waals surface area (Å²) in [6.07, 6.45) is -0.257. The largest absolute Gasteiger partial charge is 0.367 e. The van der Waals surface area contributed by atoms with E-state index in [4.69, 9.17) is 0 Å². The Balaban J connectivity index is 1.66. The fourth-order valence-corrected chi connectivity index (χ4v) is 2.36. The Kier molecular flexibility index (Phi) is 4.34. The molecule has 114 valence electrons. The van der Waals surface area contributed by atoms with E-state index in [1.54, 1.807) is 0 Å². The first-order valence-corrected chi connectivity index (χ1v) is 7.17. The highest BCUT2D eigenvalue weighted by atomic mass is 16.2. The molecule has 2 atom stereocenters. The van der Waals surface area contributed by atoms with Gasteiger partial charge in [-0.3, -0.25) is 4.79 Å². The zero-order valence-corrected chi connectivity index (χ0v) is 12.3. The highest BCUT2D eigenvalue weighted by molar-refractivity contribution is 5.95. The molecule has 2 unspecified atom stereocenters. The molecule has 0 spiro atoms. The van der Waals surface area contributed by atoms with E-state index in [-0.39, 0.29) is 12.1 Å². The van der Waals surface area contributed by atoms with E-state index < -0.39 is 6.04 Å². The van der Waals surface area contributed by atoms with Gasteiger partial charge in [0.2, 0.25) is 5.91 Å². The van der Waals surface area contributed by atoms with Gasteiger partial charge in [0.1, 0.15) is 12.2 Å². The van der Waals surface area contributed by atoms with Crippen LogP contribution in [-0.2, 0) is 4.79 Å². The van der Waals surface area contributed by atoms with E-state index in [1.807, 2.05) is 61.5 Å². The second-order valence-corrected chi connectivity index (χ2v) is 5.24. The molecule has 1 heterocycles. The molecular weight excluding hydrogens is 278 g/mol. The van der Waals surface area contributed by atoms with Gasteiger partial charge < -0.3 is 10.6 Å². The van der Waals surface area contributed by atoms with Gasteiger partial charge in [0.05, 0.1) is 0 Å². The van der Waals surface area contributed by atoms with E-state index in [0.29, 0.717) is 0 Å². The molecule has 22 heavy (non-hydrogen) atoms. The minimum absolute atomic E-state index is 0.114. The number of carbonyl (C=O) groups excluding carboxylic acids is 1. The average molecular weight is 297 g/mol. The van der Waals surface area contributed by atoms with Crippen LogP contribution >= 0.6 is 0 Å². The molecule has 6 heteroatoms. The van der Waals surface area contributed by atoms with Gasteiger partial charge in [-0.05, 0) is 36.8 Å². The van der Waals surface area contributed by atoms with Crippen molar-refractivity contribution in [3.63, 3.8) is 0 Å². The van der Waals surface area contributed by atoms with Crippen LogP contribution in [0.1, 0.15) is 5.56 Å². The van der Waals surface area contributed by atoms with Gasteiger partial charge >= 0.3 is 0 Å². The number of aryl methyl sites for hydroxylation is 1. The number of hydrazine groups is 2. The smallest absolute Gasteiger partial charge is 0.246 e. The van der Waals surface area contributed by atoms with E-state index in [0.717, 1.165) is 16.9 Å². The standard InChI is InChI=1S/C16H19N5O/c1-11-6-5-9-13(10-11)18-16(22)14-15(20-21-19-14)17-12-7-3-2-4-8-12/h2-10,14-15,17,19-21H,1H3,(H,18,22). The number of hydrogen-bond acceptors (Lipinski definition) is 5. The van der Waals surface area contributed by atoms with Crippen LogP contribution in [0.2, 0.25) is 0 Å². The van der Waals surface area contributed by atoms with Crippen molar-refractivity contribution < 1.29 is 4.79 Å². The summed E-state index contributed by atoms with van der Waals surface area (Å²) in [6, 6.07) is 17.0. The van der Waals surface area contributed by atoms with Crippen molar-refractivity contribution in [2.24, 2.45) is 0 Å². The third-order valence-corrected chi connectivity index (χ3v) is 3.45. The molecular formula is C16H19N5O. The van der Waals surface area contributed by atoms with Gasteiger partial charge in [-0.15, -0.1) is 0 Å². The first kappa shape index (κ1) is 14.5. The Morgan fingerprint density at radius 2 is 1.77 bits per heavy atom. The van der Waals surface area contributed by atoms with Gasteiger partial charge in [0.15, 0.2) is 0 Å². The van der Waals surface area contributed by atoms with E-state index >= 15 is 0 Å². The van der Waals surface area contributed by atoms with Crippen molar-refractivity contribution in [3.05, 3.63) is 60.2 Å². The van der Waals surface area contributed by atoms with Crippen molar-refractivity contribution in [2.45, 2.75) is 19.1 Å². The minimum Gasteiger partial charge on any atom is -0.367 e. The number of rotatable bonds is 4. The molecule has 1 aliphatic rings. The number of benzene rings is 2. The number of nitrogens with one attached hydrogen (secondary N) is 5. The zero-order chi connectivity index (χ0) is 15.4. The maximum Gasteiger partial charge on any atom is 0.246 e. The Morgan fingerprint density at radius 1 is 1.00 bits per heavy atom. The quantitative estimate of drug-likeness (QED) is 0.589. The van der Waals surface area contributed by atoms with E-state index in [2.05, 4.69) is 27.0 Å². The van der Waals surface area contributed by atoms with Gasteiger partial charge in [-0.2, -0.15) is 5.53 Å². The van der Waals surface area contributed by atoms with Crippen molar-refractivity contribution in [3.8, 4) is 0 Å². The topological polar surface area (TPSA) is 77.2 Å². The van der Waals surface area contributed by atoms with Gasteiger partial charge in [-0.1, -0.05) is 30.3 Å². The molecule has 5 N–H and O–H groups in total. The molecule has 1 amide bonds. The van der Waals surface area contributed by atoms with Crippen LogP contribution < -0.4 is 27.0 Å². The third-order valence-electron chi connectivity index (χ3n) is 3.45. The lowest BCUT2D eigenvalue weighted by Gasteiger charge is -2.20. The molecule has 2 aromatic rings. The van der Waals surface area contributed by atoms with Gasteiger partial charge in [0.25, 0.3) is 0 Å². The van der Waals surface area contributed by atoms with Crippen LogP contribution in [0.25, 0.3) is 0 Å². The Morgan fingerprint density at radius 3 is 2.55 bits per heavy atom. The number of carbonyl (C=O) groups is 1. The van der Waals surface area contributed by atoms with Crippen LogP contribution in [-0.4, -0.2) is 18.1 Å². The summed E-state index contributed by atoms with van der Waals surface area (Å²) in [7, 11) is 0. The maximum atomic E-state index is 12.4. The number of para-hydroxylation sites is 1. The molecule has 3 rings (SSSR count). The van der Waals surface area contributed by atoms with Crippen LogP contribution in [0.15, 0.2) is 54.6 Å². The zero-order valence-electron chi connectivity index (χ0n) is 12.3. The molecule has 0 aromatic heterocycles. The lowest BCUT2D eigenvalue weighted by atomic mass is 10.2. The summed E-state index contributed by atoms with van der Waals surface area (Å²) in [5.41, 5.74) is 11.6. The summed E-state index contributed by atoms with van der Waals surface area (Å²) in [5, 5.41) is 6.19. The summed E-state index contributed by atoms with van der Waals surface area (Å²) in [6.45, 7) is 1.99. The summed E-state index contributed by atoms with van der Waals surface area (Å²) >= 11 is 0. The van der Waals surface area contributed by atoms with Crippen molar-refractivity contribution >= 4 is 17.3 Å². The molecule has 0 aliphatic carbocycles. The number of hydrogen-bond donors (Lipinski definition) is 5. The van der Waals surface area contributed by atoms with Gasteiger partial charge in [0, 0.05) is 11.4 Å². The Labute approximate surface area is 129 Å². The SMILES string of the molecule is Cc1cccc(NC(=O)C2NNNC2Nc2ccccc2)c1. The first-order chi connectivity index (χ1) is 10.7. The monoisotopic (exact) mass is 297 g/mol. The molecule has 1 fully saturated rings. The second-order valence-electron chi connectivity index (χ2n) is 5.24. The Hall–Kier alpha value is -2.41. The summed E-state index contributed by atoms with van der Waals surface area (Å²) < 4.78 is 0. The van der Waals surface area contributed by atoms with Crippen molar-refractivity contribution in [1.82, 2.24) is 16.4 Å². The normalized spacial score (nSPS) is 20.6. The van der Waals surface area contributed by atoms with Crippen LogP contribution in [0, 0.1) is 6.92 Å². The van der Waals surface area contributed by atoms with Gasteiger partial charge in [-0.25, -0.2) is 10.9 Å². The summed E-state index contributed by atoms with van der Waals surface area (Å²) in [4.78, 5) is 12.4. The fraction of sp³-hybridized carbons (Fsp3) is 0.188. The molecule has 6 nitrogen and oxygen atoms in total. The van der Waals surface area contributed by atoms with Crippen LogP contribution in [0.4, 0.5) is 11.4 Å². The molecule has 0 saturated carbocycles. The molecule has 0 radical (unpaired) electrons. The van der Waals surface area contributed by atoms with Crippen molar-refractivity contribution in [2.75, 3.05) is 10.6 Å². The molecule has 2 aromatic carbocycles. The lowest BCUT2D eigenvalue weighted by Crippen LogP contribution is -2.47. The van der Waals surface area contributed by atoms with Crippen LogP contribution in [0.3, 0.4) is 0 Å². The first-order valence-electron chi connectivity index (χ1n) is 7.17. The fourth-order valence-electron chi connectivity index (χ4n) is 2.36. The van der Waals surface area contributed by atoms with Crippen molar-refractivity contribution in [1.29, 1.82) is 0 Å². The second kappa shape index (κ2) is 6.57. The number of amides is 1. The highest BCUT2D eigenvalue weighted by Gasteiger charge is 2.32. The third kappa shape index (κ3) is 3.43. The van der Waals surface area contributed by atoms with E-state index in [9.17, 15) is 4.79 Å². The highest BCUT2D eigenvalue weighted by Crippen LogP contribution is 2.13. The van der Waals surface area contributed by atoms with Crippen LogP contribution in [0.5, 0.6) is 0 Å². The summed E-state index contributed by atoms with van der Waals surface area (Å²) in [5.74, 6) is -0.114. The Bertz CT molecular complexity index is 646. The molecule has 1 aliphatic heterocycles. The maximum absolute atomic E-state index is 12.4. The minimum atomic E-state index is -0.444. The predicted octanol–water partition coefficient (Wildman–Crippen LogP) is 1.35. The average Bonchev–Trinajstić information content (AvgIpc) is 2.96. The van der Waals surface area contributed by atoms with E-state index in [1.165, 1.54) is 0 Å². The number of anilines is 2. The lowest BCUT2D eigenvalue weighted by molar-refractivity contribution is -0.118. The predicted molar refractivity (Wildman–Crippen MR) is 86.9 cm³/mol.